The summed E-state index contributed by atoms with van der Waals surface area (Å²) >= 11 is 0. The van der Waals surface area contributed by atoms with E-state index in [1.807, 2.05) is 0 Å². The van der Waals surface area contributed by atoms with E-state index < -0.39 is 8.32 Å². The van der Waals surface area contributed by atoms with E-state index in [2.05, 4.69) is 67.6 Å². The third-order valence-corrected chi connectivity index (χ3v) is 11.1. The van der Waals surface area contributed by atoms with Crippen LogP contribution in [-0.4, -0.2) is 33.2 Å². The Morgan fingerprint density at radius 3 is 2.12 bits per heavy atom. The van der Waals surface area contributed by atoms with Crippen LogP contribution in [-0.2, 0) is 13.7 Å². The van der Waals surface area contributed by atoms with Gasteiger partial charge in [-0.2, -0.15) is 0 Å². The highest BCUT2D eigenvalue weighted by atomic mass is 28.4. The minimum absolute atomic E-state index is 0.169. The lowest BCUT2D eigenvalue weighted by molar-refractivity contribution is 0.00578. The smallest absolute Gasteiger partial charge is 0.417 e. The Kier molecular flexibility index (Phi) is 5.53. The molecule has 0 radical (unpaired) electrons. The van der Waals surface area contributed by atoms with E-state index in [1.54, 1.807) is 0 Å². The van der Waals surface area contributed by atoms with Gasteiger partial charge in [-0.1, -0.05) is 26.8 Å². The van der Waals surface area contributed by atoms with Gasteiger partial charge in [-0.25, -0.2) is 0 Å². The van der Waals surface area contributed by atoms with Gasteiger partial charge >= 0.3 is 7.12 Å². The molecule has 0 bridgehead atoms. The monoisotopic (exact) mass is 352 g/mol. The van der Waals surface area contributed by atoms with Crippen molar-refractivity contribution in [3.63, 3.8) is 0 Å². The lowest BCUT2D eigenvalue weighted by atomic mass is 9.71. The van der Waals surface area contributed by atoms with E-state index >= 15 is 0 Å². The third kappa shape index (κ3) is 4.17. The fraction of sp³-hybridized carbons (Fsp3) is 0.895. The van der Waals surface area contributed by atoms with Gasteiger partial charge in [0.15, 0.2) is 8.32 Å². The molecule has 5 heteroatoms. The first-order valence-corrected chi connectivity index (χ1v) is 12.3. The molecule has 3 nitrogen and oxygen atoms in total. The number of allylic oxidation sites excluding steroid dienone is 2. The van der Waals surface area contributed by atoms with Gasteiger partial charge in [-0.15, -0.1) is 0 Å². The molecule has 0 N–H and O–H groups in total. The highest BCUT2D eigenvalue weighted by molar-refractivity contribution is 6.74. The molecule has 0 saturated carbocycles. The van der Waals surface area contributed by atoms with Crippen LogP contribution in [0, 0.1) is 5.92 Å². The van der Waals surface area contributed by atoms with Crippen LogP contribution in [0.15, 0.2) is 11.5 Å². The zero-order valence-corrected chi connectivity index (χ0v) is 18.3. The number of hydrogen-bond acceptors (Lipinski definition) is 3. The first kappa shape index (κ1) is 20.2. The Morgan fingerprint density at radius 2 is 1.71 bits per heavy atom. The van der Waals surface area contributed by atoms with Gasteiger partial charge in [-0.05, 0) is 76.5 Å². The van der Waals surface area contributed by atoms with Crippen molar-refractivity contribution in [3.05, 3.63) is 11.5 Å². The Balaban J connectivity index is 1.89. The molecule has 2 rings (SSSR count). The molecule has 138 valence electrons. The topological polar surface area (TPSA) is 27.7 Å². The van der Waals surface area contributed by atoms with Crippen molar-refractivity contribution in [2.75, 3.05) is 6.61 Å². The van der Waals surface area contributed by atoms with E-state index in [1.165, 1.54) is 11.9 Å². The molecule has 1 atom stereocenters. The molecule has 1 aliphatic carbocycles. The van der Waals surface area contributed by atoms with Crippen LogP contribution < -0.4 is 0 Å². The van der Waals surface area contributed by atoms with Gasteiger partial charge in [-0.3, -0.25) is 0 Å². The lowest BCUT2D eigenvalue weighted by Crippen LogP contribution is -2.42. The highest BCUT2D eigenvalue weighted by Crippen LogP contribution is 2.41. The van der Waals surface area contributed by atoms with E-state index in [9.17, 15) is 0 Å². The molecular weight excluding hydrogens is 315 g/mol. The Labute approximate surface area is 150 Å². The van der Waals surface area contributed by atoms with Gasteiger partial charge in [0, 0.05) is 6.61 Å². The summed E-state index contributed by atoms with van der Waals surface area (Å²) in [4.78, 5) is 0. The summed E-state index contributed by atoms with van der Waals surface area (Å²) in [5.74, 6) is 0.630. The van der Waals surface area contributed by atoms with Gasteiger partial charge in [0.2, 0.25) is 0 Å². The first-order chi connectivity index (χ1) is 10.8. The van der Waals surface area contributed by atoms with Crippen LogP contribution in [0.2, 0.25) is 18.1 Å². The quantitative estimate of drug-likeness (QED) is 0.637. The van der Waals surface area contributed by atoms with E-state index in [0.717, 1.165) is 19.4 Å². The first-order valence-electron chi connectivity index (χ1n) is 9.44. The van der Waals surface area contributed by atoms with Gasteiger partial charge < -0.3 is 13.7 Å². The summed E-state index contributed by atoms with van der Waals surface area (Å²) in [6, 6.07) is 0. The maximum Gasteiger partial charge on any atom is 0.490 e. The summed E-state index contributed by atoms with van der Waals surface area (Å²) in [6.45, 7) is 20.9. The Bertz CT molecular complexity index is 475. The van der Waals surface area contributed by atoms with Crippen molar-refractivity contribution in [3.8, 4) is 0 Å². The highest BCUT2D eigenvalue weighted by Gasteiger charge is 2.52. The van der Waals surface area contributed by atoms with Crippen molar-refractivity contribution < 1.29 is 13.7 Å². The van der Waals surface area contributed by atoms with E-state index in [4.69, 9.17) is 13.7 Å². The minimum Gasteiger partial charge on any atom is -0.417 e. The molecular formula is C19H37BO3Si. The van der Waals surface area contributed by atoms with Crippen LogP contribution in [0.25, 0.3) is 0 Å². The second kappa shape index (κ2) is 6.57. The SMILES string of the molecule is CC1(C)OB(C2=CCC(CO[Si](C)(C)C(C)(C)C)CC2)OC1(C)C. The maximum atomic E-state index is 6.41. The summed E-state index contributed by atoms with van der Waals surface area (Å²) in [5.41, 5.74) is 0.818. The predicted octanol–water partition coefficient (Wildman–Crippen LogP) is 5.37. The van der Waals surface area contributed by atoms with Gasteiger partial charge in [0.25, 0.3) is 0 Å². The minimum atomic E-state index is -1.64. The van der Waals surface area contributed by atoms with Crippen molar-refractivity contribution >= 4 is 15.4 Å². The van der Waals surface area contributed by atoms with Crippen molar-refractivity contribution in [2.45, 2.75) is 97.1 Å². The van der Waals surface area contributed by atoms with Gasteiger partial charge in [0.05, 0.1) is 11.2 Å². The van der Waals surface area contributed by atoms with Crippen molar-refractivity contribution in [2.24, 2.45) is 5.92 Å². The van der Waals surface area contributed by atoms with Gasteiger partial charge in [0.1, 0.15) is 0 Å². The predicted molar refractivity (Wildman–Crippen MR) is 105 cm³/mol. The van der Waals surface area contributed by atoms with Crippen molar-refractivity contribution in [1.29, 1.82) is 0 Å². The van der Waals surface area contributed by atoms with Crippen LogP contribution in [0.1, 0.15) is 67.7 Å². The molecule has 0 aromatic heterocycles. The zero-order chi connectivity index (χ0) is 18.4. The molecule has 1 saturated heterocycles. The van der Waals surface area contributed by atoms with Crippen LogP contribution in [0.4, 0.5) is 0 Å². The fourth-order valence-corrected chi connectivity index (χ4v) is 3.90. The molecule has 1 fully saturated rings. The average Bonchev–Trinajstić information content (AvgIpc) is 2.65. The average molecular weight is 352 g/mol. The molecule has 0 spiro atoms. The summed E-state index contributed by atoms with van der Waals surface area (Å²) in [6.07, 6.45) is 5.65. The summed E-state index contributed by atoms with van der Waals surface area (Å²) < 4.78 is 18.8. The third-order valence-electron chi connectivity index (χ3n) is 6.60. The summed E-state index contributed by atoms with van der Waals surface area (Å²) in [7, 11) is -1.81. The molecule has 2 aliphatic rings. The largest absolute Gasteiger partial charge is 0.490 e. The lowest BCUT2D eigenvalue weighted by Gasteiger charge is -2.37. The second-order valence-corrected chi connectivity index (χ2v) is 14.9. The van der Waals surface area contributed by atoms with E-state index in [-0.39, 0.29) is 23.4 Å². The number of hydrogen-bond donors (Lipinski definition) is 0. The van der Waals surface area contributed by atoms with Crippen LogP contribution in [0.5, 0.6) is 0 Å². The molecule has 1 unspecified atom stereocenters. The number of rotatable bonds is 4. The van der Waals surface area contributed by atoms with E-state index in [0.29, 0.717) is 5.92 Å². The molecule has 0 aromatic rings. The second-order valence-electron chi connectivity index (χ2n) is 10.1. The Hall–Kier alpha value is -0.0982. The molecule has 0 aromatic carbocycles. The molecule has 24 heavy (non-hydrogen) atoms. The molecule has 0 amide bonds. The fourth-order valence-electron chi connectivity index (χ4n) is 2.81. The van der Waals surface area contributed by atoms with Crippen LogP contribution in [0.3, 0.4) is 0 Å². The standard InChI is InChI=1S/C19H37BO3Si/c1-17(2,3)24(8,9)21-14-15-10-12-16(13-11-15)20-22-18(4,5)19(6,7)23-20/h12,15H,10-11,13-14H2,1-9H3. The normalized spacial score (nSPS) is 27.3. The Morgan fingerprint density at radius 1 is 1.17 bits per heavy atom. The molecule has 1 aliphatic heterocycles. The molecule has 1 heterocycles. The van der Waals surface area contributed by atoms with Crippen molar-refractivity contribution in [1.82, 2.24) is 0 Å². The maximum absolute atomic E-state index is 6.41. The summed E-state index contributed by atoms with van der Waals surface area (Å²) in [5, 5.41) is 0.283. The zero-order valence-electron chi connectivity index (χ0n) is 17.3. The van der Waals surface area contributed by atoms with Crippen LogP contribution >= 0.6 is 0 Å².